The highest BCUT2D eigenvalue weighted by atomic mass is 19.1. The molecule has 0 atom stereocenters. The van der Waals surface area contributed by atoms with Gasteiger partial charge in [0.25, 0.3) is 0 Å². The number of rotatable bonds is 3. The summed E-state index contributed by atoms with van der Waals surface area (Å²) < 4.78 is 14.9. The molecule has 164 valence electrons. The number of pyridine rings is 1. The molecule has 3 heterocycles. The van der Waals surface area contributed by atoms with Crippen LogP contribution in [0.4, 0.5) is 14.9 Å². The molecule has 1 aliphatic rings. The van der Waals surface area contributed by atoms with Crippen LogP contribution >= 0.6 is 0 Å². The maximum atomic E-state index is 14.9. The van der Waals surface area contributed by atoms with Crippen LogP contribution in [0.3, 0.4) is 0 Å². The van der Waals surface area contributed by atoms with Gasteiger partial charge >= 0.3 is 6.09 Å². The second-order valence-corrected chi connectivity index (χ2v) is 9.38. The highest BCUT2D eigenvalue weighted by Gasteiger charge is 2.29. The average Bonchev–Trinajstić information content (AvgIpc) is 3.13. The number of H-pyrrole nitrogens is 1. The molecule has 7 heteroatoms. The Kier molecular flexibility index (Phi) is 5.47. The van der Waals surface area contributed by atoms with Crippen LogP contribution in [0.2, 0.25) is 0 Å². The van der Waals surface area contributed by atoms with Gasteiger partial charge in [-0.25, -0.2) is 14.2 Å². The van der Waals surface area contributed by atoms with E-state index in [1.54, 1.807) is 18.3 Å². The van der Waals surface area contributed by atoms with E-state index in [0.29, 0.717) is 22.7 Å². The molecule has 2 aromatic heterocycles. The first-order chi connectivity index (χ1) is 14.6. The molecule has 31 heavy (non-hydrogen) atoms. The Morgan fingerprint density at radius 1 is 1.19 bits per heavy atom. The minimum atomic E-state index is -1.07. The summed E-state index contributed by atoms with van der Waals surface area (Å²) in [5.74, 6) is 0.0374. The third-order valence-corrected chi connectivity index (χ3v) is 6.07. The average molecular weight is 425 g/mol. The monoisotopic (exact) mass is 424 g/mol. The van der Waals surface area contributed by atoms with Gasteiger partial charge in [0, 0.05) is 40.0 Å². The number of carboxylic acid groups (broad SMARTS) is 1. The molecular formula is C24H29FN4O2. The number of amides is 1. The van der Waals surface area contributed by atoms with Gasteiger partial charge in [-0.15, -0.1) is 0 Å². The Bertz CT molecular complexity index is 1110. The molecular weight excluding hydrogens is 395 g/mol. The van der Waals surface area contributed by atoms with Gasteiger partial charge in [0.2, 0.25) is 0 Å². The lowest BCUT2D eigenvalue weighted by molar-refractivity contribution is 0.195. The first-order valence-electron chi connectivity index (χ1n) is 10.6. The van der Waals surface area contributed by atoms with E-state index in [2.05, 4.69) is 28.0 Å². The minimum Gasteiger partial charge on any atom is -0.465 e. The number of fused-ring (bicyclic) bond motifs is 1. The zero-order valence-corrected chi connectivity index (χ0v) is 18.4. The fourth-order valence-electron chi connectivity index (χ4n) is 4.47. The van der Waals surface area contributed by atoms with Gasteiger partial charge in [0.15, 0.2) is 0 Å². The molecule has 6 nitrogen and oxygen atoms in total. The van der Waals surface area contributed by atoms with Crippen LogP contribution in [0.1, 0.15) is 45.2 Å². The van der Waals surface area contributed by atoms with Crippen LogP contribution in [0.15, 0.2) is 36.5 Å². The normalized spacial score (nSPS) is 16.0. The predicted molar refractivity (Wildman–Crippen MR) is 121 cm³/mol. The van der Waals surface area contributed by atoms with Gasteiger partial charge in [-0.2, -0.15) is 0 Å². The Labute approximate surface area is 181 Å². The number of nitrogens with zero attached hydrogens (tertiary/aromatic N) is 3. The van der Waals surface area contributed by atoms with Crippen molar-refractivity contribution in [3.05, 3.63) is 48.0 Å². The number of carbonyl (C=O) groups is 1. The Morgan fingerprint density at radius 2 is 1.90 bits per heavy atom. The summed E-state index contributed by atoms with van der Waals surface area (Å²) in [5, 5.41) is 10.6. The molecule has 0 aliphatic carbocycles. The van der Waals surface area contributed by atoms with Gasteiger partial charge in [-0.3, -0.25) is 4.90 Å². The molecule has 0 bridgehead atoms. The molecule has 4 rings (SSSR count). The molecule has 1 aromatic carbocycles. The van der Waals surface area contributed by atoms with E-state index in [1.165, 1.54) is 17.0 Å². The molecule has 0 radical (unpaired) electrons. The predicted octanol–water partition coefficient (Wildman–Crippen LogP) is 5.46. The number of anilines is 1. The summed E-state index contributed by atoms with van der Waals surface area (Å²) in [6.07, 6.45) is 2.73. The molecule has 1 aliphatic heterocycles. The van der Waals surface area contributed by atoms with Crippen molar-refractivity contribution in [2.24, 2.45) is 0 Å². The zero-order chi connectivity index (χ0) is 22.3. The van der Waals surface area contributed by atoms with Crippen molar-refractivity contribution in [3.8, 4) is 11.1 Å². The van der Waals surface area contributed by atoms with Crippen molar-refractivity contribution in [2.75, 3.05) is 25.0 Å². The van der Waals surface area contributed by atoms with Gasteiger partial charge in [0.1, 0.15) is 11.5 Å². The largest absolute Gasteiger partial charge is 0.465 e. The minimum absolute atomic E-state index is 0.370. The van der Waals surface area contributed by atoms with E-state index in [4.69, 9.17) is 0 Å². The van der Waals surface area contributed by atoms with Gasteiger partial charge in [0.05, 0.1) is 0 Å². The Morgan fingerprint density at radius 3 is 2.55 bits per heavy atom. The fraction of sp³-hybridized carbons (Fsp3) is 0.417. The fourth-order valence-corrected chi connectivity index (χ4v) is 4.47. The van der Waals surface area contributed by atoms with E-state index in [1.807, 2.05) is 20.8 Å². The van der Waals surface area contributed by atoms with Gasteiger partial charge in [-0.05, 0) is 89.6 Å². The second-order valence-electron chi connectivity index (χ2n) is 9.38. The smallest absolute Gasteiger partial charge is 0.412 e. The van der Waals surface area contributed by atoms with Crippen molar-refractivity contribution in [1.29, 1.82) is 0 Å². The van der Waals surface area contributed by atoms with E-state index < -0.39 is 17.4 Å². The number of halogens is 1. The number of nitrogens with one attached hydrogen (secondary N) is 1. The number of aromatic nitrogens is 2. The summed E-state index contributed by atoms with van der Waals surface area (Å²) in [6, 6.07) is 8.34. The van der Waals surface area contributed by atoms with Crippen molar-refractivity contribution < 1.29 is 14.3 Å². The van der Waals surface area contributed by atoms with E-state index in [0.717, 1.165) is 42.7 Å². The van der Waals surface area contributed by atoms with Gasteiger partial charge < -0.3 is 15.0 Å². The van der Waals surface area contributed by atoms with Crippen LogP contribution < -0.4 is 4.90 Å². The standard InChI is InChI=1S/C24H29FN4O2/c1-24(2,3)29(23(30)31)16-5-6-20(25)18(13-16)17-7-10-26-22-19(17)14-21(27-22)15-8-11-28(4)12-9-15/h5-7,10,13-15H,8-9,11-12H2,1-4H3,(H,26,27)(H,30,31). The van der Waals surface area contributed by atoms with Crippen LogP contribution in [0, 0.1) is 5.82 Å². The third kappa shape index (κ3) is 4.14. The lowest BCUT2D eigenvalue weighted by Crippen LogP contribution is -2.45. The third-order valence-electron chi connectivity index (χ3n) is 6.07. The summed E-state index contributed by atoms with van der Waals surface area (Å²) in [5.41, 5.74) is 2.70. The highest BCUT2D eigenvalue weighted by Crippen LogP contribution is 2.36. The van der Waals surface area contributed by atoms with Crippen LogP contribution in [-0.2, 0) is 0 Å². The van der Waals surface area contributed by atoms with Crippen molar-refractivity contribution in [2.45, 2.75) is 45.1 Å². The molecule has 1 amide bonds. The van der Waals surface area contributed by atoms with Crippen LogP contribution in [-0.4, -0.2) is 51.7 Å². The molecule has 0 unspecified atom stereocenters. The molecule has 3 aromatic rings. The lowest BCUT2D eigenvalue weighted by Gasteiger charge is -2.33. The Hall–Kier alpha value is -2.93. The maximum absolute atomic E-state index is 14.9. The Balaban J connectivity index is 1.79. The number of benzene rings is 1. The number of likely N-dealkylation sites (tertiary alicyclic amines) is 1. The summed E-state index contributed by atoms with van der Waals surface area (Å²) >= 11 is 0. The maximum Gasteiger partial charge on any atom is 0.412 e. The van der Waals surface area contributed by atoms with E-state index in [9.17, 15) is 14.3 Å². The SMILES string of the molecule is CN1CCC(c2cc3c(-c4cc(N(C(=O)O)C(C)(C)C)ccc4F)ccnc3[nH]2)CC1. The molecule has 1 saturated heterocycles. The van der Waals surface area contributed by atoms with E-state index in [-0.39, 0.29) is 0 Å². The summed E-state index contributed by atoms with van der Waals surface area (Å²) in [6.45, 7) is 7.54. The zero-order valence-electron chi connectivity index (χ0n) is 18.4. The van der Waals surface area contributed by atoms with Crippen LogP contribution in [0.25, 0.3) is 22.2 Å². The topological polar surface area (TPSA) is 72.5 Å². The molecule has 0 saturated carbocycles. The molecule has 0 spiro atoms. The van der Waals surface area contributed by atoms with Crippen LogP contribution in [0.5, 0.6) is 0 Å². The molecule has 2 N–H and O–H groups in total. The van der Waals surface area contributed by atoms with Gasteiger partial charge in [-0.1, -0.05) is 0 Å². The number of piperidine rings is 1. The quantitative estimate of drug-likeness (QED) is 0.585. The second kappa shape index (κ2) is 7.96. The number of hydrogen-bond acceptors (Lipinski definition) is 3. The summed E-state index contributed by atoms with van der Waals surface area (Å²) in [4.78, 5) is 23.4. The summed E-state index contributed by atoms with van der Waals surface area (Å²) in [7, 11) is 2.13. The number of hydrogen-bond donors (Lipinski definition) is 2. The first-order valence-corrected chi connectivity index (χ1v) is 10.6. The van der Waals surface area contributed by atoms with Crippen molar-refractivity contribution >= 4 is 22.8 Å². The van der Waals surface area contributed by atoms with Crippen molar-refractivity contribution in [1.82, 2.24) is 14.9 Å². The number of aromatic amines is 1. The molecule has 1 fully saturated rings. The van der Waals surface area contributed by atoms with E-state index >= 15 is 0 Å². The van der Waals surface area contributed by atoms with Crippen molar-refractivity contribution in [3.63, 3.8) is 0 Å². The first kappa shape index (κ1) is 21.3. The lowest BCUT2D eigenvalue weighted by atomic mass is 9.93. The highest BCUT2D eigenvalue weighted by molar-refractivity contribution is 5.95.